The van der Waals surface area contributed by atoms with E-state index in [0.29, 0.717) is 17.2 Å². The lowest BCUT2D eigenvalue weighted by atomic mass is 10.1. The summed E-state index contributed by atoms with van der Waals surface area (Å²) in [5.41, 5.74) is 7.10. The summed E-state index contributed by atoms with van der Waals surface area (Å²) in [6.07, 6.45) is 2.33. The summed E-state index contributed by atoms with van der Waals surface area (Å²) in [6.45, 7) is 0.629. The van der Waals surface area contributed by atoms with Crippen molar-refractivity contribution in [3.8, 4) is 0 Å². The molecule has 3 rings (SSSR count). The lowest BCUT2D eigenvalue weighted by Crippen LogP contribution is -2.12. The van der Waals surface area contributed by atoms with Crippen LogP contribution >= 0.6 is 39.9 Å². The Kier molecular flexibility index (Phi) is 5.10. The number of fused-ring (bicyclic) bond motifs is 1. The Morgan fingerprint density at radius 1 is 1.41 bits per heavy atom. The van der Waals surface area contributed by atoms with Crippen molar-refractivity contribution in [1.29, 1.82) is 0 Å². The molecule has 0 aliphatic heterocycles. The number of aryl methyl sites for hydroxylation is 2. The minimum Gasteiger partial charge on any atom is -0.369 e. The van der Waals surface area contributed by atoms with E-state index in [2.05, 4.69) is 30.9 Å². The van der Waals surface area contributed by atoms with Crippen LogP contribution in [0.25, 0.3) is 11.2 Å². The van der Waals surface area contributed by atoms with Crippen LogP contribution in [0.15, 0.2) is 33.8 Å². The number of hydrogen-bond acceptors (Lipinski definition) is 4. The van der Waals surface area contributed by atoms with Crippen LogP contribution < -0.4 is 11.3 Å². The second kappa shape index (κ2) is 6.68. The van der Waals surface area contributed by atoms with Gasteiger partial charge in [0.25, 0.3) is 5.56 Å². The summed E-state index contributed by atoms with van der Waals surface area (Å²) in [5.74, 6) is 0.0842. The minimum absolute atomic E-state index is 0. The third-order valence-corrected chi connectivity index (χ3v) is 4.35. The average molecular weight is 405 g/mol. The van der Waals surface area contributed by atoms with Crippen molar-refractivity contribution in [3.05, 3.63) is 49.9 Å². The lowest BCUT2D eigenvalue weighted by molar-refractivity contribution is 0.709. The molecule has 2 heterocycles. The number of aromatic nitrogens is 4. The van der Waals surface area contributed by atoms with E-state index in [1.54, 1.807) is 10.9 Å². The molecule has 0 radical (unpaired) electrons. The van der Waals surface area contributed by atoms with Gasteiger partial charge in [-0.3, -0.25) is 9.78 Å². The Morgan fingerprint density at radius 2 is 2.18 bits per heavy atom. The fourth-order valence-corrected chi connectivity index (χ4v) is 2.53. The van der Waals surface area contributed by atoms with Crippen LogP contribution in [-0.4, -0.2) is 19.5 Å². The van der Waals surface area contributed by atoms with E-state index >= 15 is 0 Å². The van der Waals surface area contributed by atoms with Gasteiger partial charge in [-0.2, -0.15) is 4.98 Å². The molecule has 116 valence electrons. The highest BCUT2D eigenvalue weighted by Crippen LogP contribution is 2.23. The standard InChI is InChI=1S/C13H11BrClN5O.ClH/c14-8-2-1-7(5-9(8)15)3-4-20-6-17-10-11(20)18-13(16)19-12(10)21;/h1-2,5-6H,3-4H2,(H3,16,18,19,21);1H. The first kappa shape index (κ1) is 16.8. The molecule has 0 fully saturated rings. The van der Waals surface area contributed by atoms with Crippen LogP contribution in [0.3, 0.4) is 0 Å². The molecule has 0 unspecified atom stereocenters. The smallest absolute Gasteiger partial charge is 0.280 e. The summed E-state index contributed by atoms with van der Waals surface area (Å²) >= 11 is 9.43. The molecule has 0 atom stereocenters. The first-order valence-electron chi connectivity index (χ1n) is 6.19. The zero-order chi connectivity index (χ0) is 15.0. The molecular weight excluding hydrogens is 393 g/mol. The molecule has 22 heavy (non-hydrogen) atoms. The summed E-state index contributed by atoms with van der Waals surface area (Å²) in [7, 11) is 0. The molecule has 0 aliphatic rings. The molecule has 1 aromatic carbocycles. The minimum atomic E-state index is -0.331. The van der Waals surface area contributed by atoms with E-state index in [-0.39, 0.29) is 29.4 Å². The lowest BCUT2D eigenvalue weighted by Gasteiger charge is -2.05. The number of nitrogens with one attached hydrogen (secondary N) is 1. The quantitative estimate of drug-likeness (QED) is 0.702. The van der Waals surface area contributed by atoms with E-state index < -0.39 is 0 Å². The zero-order valence-electron chi connectivity index (χ0n) is 11.2. The molecule has 0 saturated carbocycles. The van der Waals surface area contributed by atoms with Gasteiger partial charge in [-0.15, -0.1) is 12.4 Å². The molecule has 0 spiro atoms. The second-order valence-electron chi connectivity index (χ2n) is 4.56. The number of nitrogen functional groups attached to an aromatic ring is 1. The first-order chi connectivity index (χ1) is 10.0. The number of rotatable bonds is 3. The number of benzene rings is 1. The summed E-state index contributed by atoms with van der Waals surface area (Å²) in [6, 6.07) is 5.80. The maximum atomic E-state index is 11.7. The van der Waals surface area contributed by atoms with Crippen LogP contribution in [0, 0.1) is 0 Å². The molecule has 3 aromatic rings. The van der Waals surface area contributed by atoms with Gasteiger partial charge in [0.05, 0.1) is 11.3 Å². The maximum absolute atomic E-state index is 11.7. The molecule has 9 heteroatoms. The first-order valence-corrected chi connectivity index (χ1v) is 7.36. The predicted molar refractivity (Wildman–Crippen MR) is 92.7 cm³/mol. The van der Waals surface area contributed by atoms with Crippen molar-refractivity contribution >= 4 is 57.1 Å². The van der Waals surface area contributed by atoms with Crippen molar-refractivity contribution in [2.75, 3.05) is 5.73 Å². The number of nitrogens with two attached hydrogens (primary N) is 1. The van der Waals surface area contributed by atoms with Gasteiger partial charge in [0.15, 0.2) is 11.2 Å². The van der Waals surface area contributed by atoms with Crippen LogP contribution in [0.5, 0.6) is 0 Å². The SMILES string of the molecule is Cl.Nc1nc2c(ncn2CCc2ccc(Br)c(Cl)c2)c(=O)[nH]1. The van der Waals surface area contributed by atoms with E-state index in [1.165, 1.54) is 0 Å². The average Bonchev–Trinajstić information content (AvgIpc) is 2.83. The highest BCUT2D eigenvalue weighted by molar-refractivity contribution is 9.10. The number of halogens is 3. The van der Waals surface area contributed by atoms with Crippen molar-refractivity contribution in [3.63, 3.8) is 0 Å². The molecule has 6 nitrogen and oxygen atoms in total. The van der Waals surface area contributed by atoms with Crippen LogP contribution in [-0.2, 0) is 13.0 Å². The largest absolute Gasteiger partial charge is 0.369 e. The van der Waals surface area contributed by atoms with Gasteiger partial charge in [-0.05, 0) is 40.0 Å². The van der Waals surface area contributed by atoms with Crippen molar-refractivity contribution in [2.45, 2.75) is 13.0 Å². The van der Waals surface area contributed by atoms with E-state index in [0.717, 1.165) is 16.5 Å². The number of H-pyrrole nitrogens is 1. The number of aromatic amines is 1. The van der Waals surface area contributed by atoms with Crippen LogP contribution in [0.2, 0.25) is 5.02 Å². The molecule has 0 amide bonds. The Hall–Kier alpha value is -1.57. The summed E-state index contributed by atoms with van der Waals surface area (Å²) < 4.78 is 2.67. The normalized spacial score (nSPS) is 10.6. The predicted octanol–water partition coefficient (Wildman–Crippen LogP) is 2.78. The third-order valence-electron chi connectivity index (χ3n) is 3.12. The van der Waals surface area contributed by atoms with Crippen molar-refractivity contribution < 1.29 is 0 Å². The number of nitrogens with zero attached hydrogens (tertiary/aromatic N) is 3. The zero-order valence-corrected chi connectivity index (χ0v) is 14.4. The van der Waals surface area contributed by atoms with Gasteiger partial charge < -0.3 is 10.3 Å². The highest BCUT2D eigenvalue weighted by atomic mass is 79.9. The summed E-state index contributed by atoms with van der Waals surface area (Å²) in [5, 5.41) is 0.668. The Balaban J connectivity index is 0.00000176. The monoisotopic (exact) mass is 403 g/mol. The Labute approximate surface area is 145 Å². The van der Waals surface area contributed by atoms with Gasteiger partial charge in [-0.25, -0.2) is 4.98 Å². The molecule has 0 aliphatic carbocycles. The van der Waals surface area contributed by atoms with Gasteiger partial charge in [0.1, 0.15) is 0 Å². The van der Waals surface area contributed by atoms with Crippen molar-refractivity contribution in [1.82, 2.24) is 19.5 Å². The second-order valence-corrected chi connectivity index (χ2v) is 5.82. The Bertz CT molecular complexity index is 876. The third kappa shape index (κ3) is 3.26. The number of anilines is 1. The van der Waals surface area contributed by atoms with E-state index in [9.17, 15) is 4.79 Å². The topological polar surface area (TPSA) is 89.6 Å². The van der Waals surface area contributed by atoms with Crippen molar-refractivity contribution in [2.24, 2.45) is 0 Å². The van der Waals surface area contributed by atoms with Gasteiger partial charge in [0, 0.05) is 11.0 Å². The molecule has 0 saturated heterocycles. The molecular formula is C13H12BrCl2N5O. The fourth-order valence-electron chi connectivity index (χ4n) is 2.08. The van der Waals surface area contributed by atoms with E-state index in [4.69, 9.17) is 17.3 Å². The van der Waals surface area contributed by atoms with E-state index in [1.807, 2.05) is 18.2 Å². The highest BCUT2D eigenvalue weighted by Gasteiger charge is 2.09. The Morgan fingerprint density at radius 3 is 2.91 bits per heavy atom. The molecule has 2 aromatic heterocycles. The fraction of sp³-hybridized carbons (Fsp3) is 0.154. The van der Waals surface area contributed by atoms with Gasteiger partial charge >= 0.3 is 0 Å². The van der Waals surface area contributed by atoms with Crippen LogP contribution in [0.4, 0.5) is 5.95 Å². The molecule has 3 N–H and O–H groups in total. The number of imidazole rings is 1. The van der Waals surface area contributed by atoms with Crippen LogP contribution in [0.1, 0.15) is 5.56 Å². The van der Waals surface area contributed by atoms with Gasteiger partial charge in [-0.1, -0.05) is 17.7 Å². The van der Waals surface area contributed by atoms with Gasteiger partial charge in [0.2, 0.25) is 5.95 Å². The summed E-state index contributed by atoms with van der Waals surface area (Å²) in [4.78, 5) is 22.3. The number of hydrogen-bond donors (Lipinski definition) is 2. The molecule has 0 bridgehead atoms. The maximum Gasteiger partial charge on any atom is 0.280 e.